The van der Waals surface area contributed by atoms with Crippen molar-refractivity contribution in [2.24, 2.45) is 0 Å². The Hall–Kier alpha value is -6.85. The topological polar surface area (TPSA) is 56.2 Å². The van der Waals surface area contributed by atoms with Crippen molar-refractivity contribution < 1.29 is 4.42 Å². The van der Waals surface area contributed by atoms with Crippen molar-refractivity contribution in [1.29, 1.82) is 0 Å². The molecule has 0 saturated carbocycles. The Labute approximate surface area is 287 Å². The Morgan fingerprint density at radius 1 is 0.420 bits per heavy atom. The fourth-order valence-electron chi connectivity index (χ4n) is 7.08. The number of hydrogen-bond donors (Lipinski definition) is 0. The molecule has 0 atom stereocenters. The number of nitrogens with zero attached hydrogens (tertiary/aromatic N) is 4. The highest BCUT2D eigenvalue weighted by Gasteiger charge is 2.19. The maximum Gasteiger partial charge on any atom is 0.253 e. The molecule has 50 heavy (non-hydrogen) atoms. The summed E-state index contributed by atoms with van der Waals surface area (Å²) in [5.41, 5.74) is 12.3. The van der Waals surface area contributed by atoms with Crippen LogP contribution in [0.15, 0.2) is 174 Å². The van der Waals surface area contributed by atoms with Gasteiger partial charge >= 0.3 is 0 Å². The van der Waals surface area contributed by atoms with Crippen LogP contribution in [0, 0.1) is 0 Å². The summed E-state index contributed by atoms with van der Waals surface area (Å²) < 4.78 is 8.09. The minimum absolute atomic E-state index is 0.543. The Morgan fingerprint density at radius 3 is 1.74 bits per heavy atom. The second-order valence-electron chi connectivity index (χ2n) is 12.5. The molecule has 0 aliphatic rings. The third kappa shape index (κ3) is 4.67. The van der Waals surface area contributed by atoms with Gasteiger partial charge in [0.05, 0.1) is 11.2 Å². The van der Waals surface area contributed by atoms with Crippen molar-refractivity contribution in [3.63, 3.8) is 0 Å². The number of rotatable bonds is 5. The molecule has 0 unspecified atom stereocenters. The number of benzene rings is 7. The smallest absolute Gasteiger partial charge is 0.253 e. The third-order valence-electron chi connectivity index (χ3n) is 9.45. The quantitative estimate of drug-likeness (QED) is 0.188. The molecule has 234 valence electrons. The highest BCUT2D eigenvalue weighted by atomic mass is 16.3. The second-order valence-corrected chi connectivity index (χ2v) is 12.5. The first-order chi connectivity index (χ1) is 24.8. The van der Waals surface area contributed by atoms with E-state index in [9.17, 15) is 0 Å². The van der Waals surface area contributed by atoms with Crippen molar-refractivity contribution in [1.82, 2.24) is 19.6 Å². The number of hydrogen-bond acceptors (Lipinski definition) is 4. The van der Waals surface area contributed by atoms with E-state index >= 15 is 0 Å². The number of furan rings is 1. The molecule has 3 heterocycles. The van der Waals surface area contributed by atoms with Crippen LogP contribution in [0.3, 0.4) is 0 Å². The lowest BCUT2D eigenvalue weighted by Crippen LogP contribution is -1.97. The summed E-state index contributed by atoms with van der Waals surface area (Å²) in [5, 5.41) is 8.14. The lowest BCUT2D eigenvalue weighted by molar-refractivity contribution is 0.669. The molecular formula is C45H28N4O. The van der Waals surface area contributed by atoms with Gasteiger partial charge in [-0.25, -0.2) is 4.98 Å². The van der Waals surface area contributed by atoms with E-state index in [0.717, 1.165) is 60.8 Å². The molecule has 0 fully saturated rings. The Bertz CT molecular complexity index is 2810. The molecule has 0 amide bonds. The van der Waals surface area contributed by atoms with E-state index in [4.69, 9.17) is 19.5 Å². The van der Waals surface area contributed by atoms with Crippen LogP contribution in [0.2, 0.25) is 0 Å². The van der Waals surface area contributed by atoms with E-state index in [1.165, 1.54) is 22.3 Å². The van der Waals surface area contributed by atoms with E-state index in [2.05, 4.69) is 127 Å². The number of aromatic nitrogens is 4. The summed E-state index contributed by atoms with van der Waals surface area (Å²) in [7, 11) is 0. The Morgan fingerprint density at radius 2 is 0.980 bits per heavy atom. The minimum atomic E-state index is 0.543. The van der Waals surface area contributed by atoms with Gasteiger partial charge in [-0.1, -0.05) is 127 Å². The normalized spacial score (nSPS) is 11.6. The van der Waals surface area contributed by atoms with Gasteiger partial charge in [-0.05, 0) is 75.8 Å². The highest BCUT2D eigenvalue weighted by Crippen LogP contribution is 2.39. The fourth-order valence-corrected chi connectivity index (χ4v) is 7.08. The molecule has 0 saturated heterocycles. The monoisotopic (exact) mass is 640 g/mol. The molecule has 0 N–H and O–H groups in total. The number of para-hydroxylation sites is 2. The Balaban J connectivity index is 1.13. The minimum Gasteiger partial charge on any atom is -0.456 e. The zero-order valence-electron chi connectivity index (χ0n) is 26.9. The van der Waals surface area contributed by atoms with Gasteiger partial charge in [-0.3, -0.25) is 0 Å². The van der Waals surface area contributed by atoms with Crippen LogP contribution in [0.4, 0.5) is 0 Å². The molecule has 5 nitrogen and oxygen atoms in total. The predicted octanol–water partition coefficient (Wildman–Crippen LogP) is 11.5. The summed E-state index contributed by atoms with van der Waals surface area (Å²) in [6.07, 6.45) is 0. The van der Waals surface area contributed by atoms with Crippen LogP contribution >= 0.6 is 0 Å². The molecule has 0 aliphatic carbocycles. The van der Waals surface area contributed by atoms with E-state index in [0.29, 0.717) is 11.6 Å². The summed E-state index contributed by atoms with van der Waals surface area (Å²) in [5.74, 6) is 1.16. The average molecular weight is 641 g/mol. The van der Waals surface area contributed by atoms with E-state index in [1.807, 2.05) is 47.0 Å². The summed E-state index contributed by atoms with van der Waals surface area (Å²) in [4.78, 5) is 10.2. The van der Waals surface area contributed by atoms with Gasteiger partial charge in [0.2, 0.25) is 0 Å². The zero-order chi connectivity index (χ0) is 33.0. The molecule has 10 rings (SSSR count). The number of fused-ring (bicyclic) bond motifs is 6. The van der Waals surface area contributed by atoms with Gasteiger partial charge in [0.15, 0.2) is 5.82 Å². The maximum absolute atomic E-state index is 6.23. The van der Waals surface area contributed by atoms with Crippen LogP contribution in [0.25, 0.3) is 94.6 Å². The molecule has 3 aromatic heterocycles. The van der Waals surface area contributed by atoms with Crippen molar-refractivity contribution >= 4 is 38.6 Å². The summed E-state index contributed by atoms with van der Waals surface area (Å²) in [6.45, 7) is 0. The molecular weight excluding hydrogens is 613 g/mol. The maximum atomic E-state index is 6.23. The SMILES string of the molecule is c1ccc(-c2cc(-c3ccccc3)cc(-c3cccc(-c4nc5nc(-c6cccc7oc8ccccc8c67)c6ccccc6n5n4)c3)c2)cc1. The standard InChI is InChI=1S/C45H28N4O/c1-3-13-29(14-4-1)33-26-34(30-15-5-2-6-16-30)28-35(27-33)31-17-11-18-32(25-31)44-47-45-46-43(36-19-7-9-22-39(36)49(45)48-44)38-21-12-24-41-42(38)37-20-8-10-23-40(37)50-41/h1-28H. The van der Waals surface area contributed by atoms with Crippen LogP contribution < -0.4 is 0 Å². The fraction of sp³-hybridized carbons (Fsp3) is 0. The molecule has 0 radical (unpaired) electrons. The van der Waals surface area contributed by atoms with Crippen LogP contribution in [0.1, 0.15) is 0 Å². The van der Waals surface area contributed by atoms with Crippen molar-refractivity contribution in [2.75, 3.05) is 0 Å². The molecule has 0 bridgehead atoms. The molecule has 0 aliphatic heterocycles. The lowest BCUT2D eigenvalue weighted by Gasteiger charge is -2.12. The van der Waals surface area contributed by atoms with E-state index in [-0.39, 0.29) is 0 Å². The van der Waals surface area contributed by atoms with Gasteiger partial charge < -0.3 is 4.42 Å². The van der Waals surface area contributed by atoms with Gasteiger partial charge in [0.25, 0.3) is 5.78 Å². The van der Waals surface area contributed by atoms with Crippen molar-refractivity contribution in [2.45, 2.75) is 0 Å². The summed E-state index contributed by atoms with van der Waals surface area (Å²) >= 11 is 0. The van der Waals surface area contributed by atoms with Crippen LogP contribution in [-0.2, 0) is 0 Å². The summed E-state index contributed by atoms with van der Waals surface area (Å²) in [6, 6.07) is 58.9. The van der Waals surface area contributed by atoms with Gasteiger partial charge in [0.1, 0.15) is 11.2 Å². The van der Waals surface area contributed by atoms with Crippen LogP contribution in [-0.4, -0.2) is 19.6 Å². The molecule has 0 spiro atoms. The molecule has 10 aromatic rings. The first-order valence-electron chi connectivity index (χ1n) is 16.7. The van der Waals surface area contributed by atoms with Crippen LogP contribution in [0.5, 0.6) is 0 Å². The third-order valence-corrected chi connectivity index (χ3v) is 9.45. The van der Waals surface area contributed by atoms with E-state index in [1.54, 1.807) is 0 Å². The van der Waals surface area contributed by atoms with Gasteiger partial charge in [-0.2, -0.15) is 9.50 Å². The first-order valence-corrected chi connectivity index (χ1v) is 16.7. The lowest BCUT2D eigenvalue weighted by atomic mass is 9.93. The molecule has 5 heteroatoms. The van der Waals surface area contributed by atoms with E-state index < -0.39 is 0 Å². The van der Waals surface area contributed by atoms with Gasteiger partial charge in [0, 0.05) is 27.3 Å². The van der Waals surface area contributed by atoms with Gasteiger partial charge in [-0.15, -0.1) is 5.10 Å². The van der Waals surface area contributed by atoms with Crippen molar-refractivity contribution in [3.05, 3.63) is 170 Å². The predicted molar refractivity (Wildman–Crippen MR) is 203 cm³/mol. The molecule has 7 aromatic carbocycles. The largest absolute Gasteiger partial charge is 0.456 e. The second kappa shape index (κ2) is 11.4. The zero-order valence-corrected chi connectivity index (χ0v) is 26.9. The first kappa shape index (κ1) is 28.2. The Kier molecular flexibility index (Phi) is 6.42. The average Bonchev–Trinajstić information content (AvgIpc) is 3.81. The van der Waals surface area contributed by atoms with Crippen molar-refractivity contribution in [3.8, 4) is 56.0 Å². The highest BCUT2D eigenvalue weighted by molar-refractivity contribution is 6.14.